The van der Waals surface area contributed by atoms with E-state index in [0.29, 0.717) is 82.9 Å². The highest BCUT2D eigenvalue weighted by Crippen LogP contribution is 2.40. The number of nitrogens with zero attached hydrogens (tertiary/aromatic N) is 1. The van der Waals surface area contributed by atoms with Crippen molar-refractivity contribution < 1.29 is 42.9 Å². The highest BCUT2D eigenvalue weighted by Gasteiger charge is 2.30. The van der Waals surface area contributed by atoms with Crippen LogP contribution in [0.5, 0.6) is 0 Å². The van der Waals surface area contributed by atoms with Crippen molar-refractivity contribution in [2.24, 2.45) is 35.5 Å². The fraction of sp³-hybridized carbons (Fsp3) is 0.898. The molecule has 0 radical (unpaired) electrons. The van der Waals surface area contributed by atoms with E-state index in [1.54, 1.807) is 18.9 Å². The van der Waals surface area contributed by atoms with Gasteiger partial charge in [-0.15, -0.1) is 0 Å². The lowest BCUT2D eigenvalue weighted by molar-refractivity contribution is -0.147. The number of ether oxygens (including phenoxy) is 4. The summed E-state index contributed by atoms with van der Waals surface area (Å²) in [6, 6.07) is 0.538. The van der Waals surface area contributed by atoms with Crippen molar-refractivity contribution in [2.75, 3.05) is 46.6 Å². The van der Waals surface area contributed by atoms with E-state index in [9.17, 15) is 24.0 Å². The van der Waals surface area contributed by atoms with Crippen LogP contribution in [0.2, 0.25) is 0 Å². The molecule has 0 aromatic heterocycles. The minimum atomic E-state index is -0.339. The Morgan fingerprint density at radius 2 is 0.951 bits per heavy atom. The number of hydrogen-bond donors (Lipinski definition) is 2. The SMILES string of the molecule is CCCCCCC(=O)N(CCOC)CCOC(=O)CC1CCC(CC2CCC(CC(=O)OCCCCOC(=O)NC3CCC(CC4CCC(NC(C)=O)CC4)CC3)CC2)CC1. The van der Waals surface area contributed by atoms with E-state index in [0.717, 1.165) is 114 Å². The van der Waals surface area contributed by atoms with Crippen LogP contribution in [0, 0.1) is 35.5 Å². The van der Waals surface area contributed by atoms with Gasteiger partial charge in [-0.1, -0.05) is 51.9 Å². The smallest absolute Gasteiger partial charge is 0.407 e. The maximum Gasteiger partial charge on any atom is 0.407 e. The number of methoxy groups -OCH3 is 1. The summed E-state index contributed by atoms with van der Waals surface area (Å²) in [5.41, 5.74) is 0. The normalized spacial score (nSPS) is 26.7. The first-order chi connectivity index (χ1) is 29.6. The van der Waals surface area contributed by atoms with Crippen molar-refractivity contribution in [2.45, 2.75) is 199 Å². The van der Waals surface area contributed by atoms with Crippen LogP contribution >= 0.6 is 0 Å². The Hall–Kier alpha value is -2.89. The van der Waals surface area contributed by atoms with Crippen molar-refractivity contribution in [3.05, 3.63) is 0 Å². The van der Waals surface area contributed by atoms with Crippen molar-refractivity contribution >= 4 is 29.8 Å². The number of unbranched alkanes of at least 4 members (excludes halogenated alkanes) is 4. The third-order valence-electron chi connectivity index (χ3n) is 14.4. The standard InChI is InChI=1S/C49H85N3O9/c1-4-5-6-7-10-46(54)52(27-31-58-3)28-32-60-48(56)36-43-17-13-39(14-18-43)33-38-11-15-42(16-12-38)35-47(55)59-29-8-9-30-61-49(57)51-45-25-21-41(22-26-45)34-40-19-23-44(24-20-40)50-37(2)53/h38-45H,4-36H2,1-3H3,(H,50,53)(H,51,57). The summed E-state index contributed by atoms with van der Waals surface area (Å²) in [6.45, 7) is 6.12. The van der Waals surface area contributed by atoms with E-state index in [1.165, 1.54) is 51.4 Å². The van der Waals surface area contributed by atoms with Gasteiger partial charge in [0, 0.05) is 51.9 Å². The topological polar surface area (TPSA) is 150 Å². The Morgan fingerprint density at radius 1 is 0.508 bits per heavy atom. The van der Waals surface area contributed by atoms with Crippen LogP contribution in [-0.4, -0.2) is 93.5 Å². The summed E-state index contributed by atoms with van der Waals surface area (Å²) < 4.78 is 21.8. The molecule has 4 rings (SSSR count). The number of rotatable bonds is 26. The van der Waals surface area contributed by atoms with Crippen LogP contribution in [0.25, 0.3) is 0 Å². The fourth-order valence-corrected chi connectivity index (χ4v) is 10.7. The van der Waals surface area contributed by atoms with Gasteiger partial charge in [-0.25, -0.2) is 4.79 Å². The molecule has 0 atom stereocenters. The van der Waals surface area contributed by atoms with E-state index in [1.807, 2.05) is 0 Å². The second-order valence-electron chi connectivity index (χ2n) is 19.4. The lowest BCUT2D eigenvalue weighted by atomic mass is 9.72. The molecule has 61 heavy (non-hydrogen) atoms. The molecule has 0 spiro atoms. The van der Waals surface area contributed by atoms with E-state index in [2.05, 4.69) is 17.6 Å². The molecule has 0 aromatic rings. The predicted molar refractivity (Wildman–Crippen MR) is 238 cm³/mol. The van der Waals surface area contributed by atoms with Gasteiger partial charge in [-0.3, -0.25) is 19.2 Å². The average Bonchev–Trinajstić information content (AvgIpc) is 3.24. The van der Waals surface area contributed by atoms with E-state index >= 15 is 0 Å². The molecule has 0 aliphatic heterocycles. The molecule has 12 heteroatoms. The molecule has 0 bridgehead atoms. The molecule has 0 heterocycles. The van der Waals surface area contributed by atoms with Gasteiger partial charge in [0.15, 0.2) is 0 Å². The van der Waals surface area contributed by atoms with Crippen LogP contribution in [0.15, 0.2) is 0 Å². The lowest BCUT2D eigenvalue weighted by Gasteiger charge is -2.34. The second kappa shape index (κ2) is 29.5. The monoisotopic (exact) mass is 860 g/mol. The molecule has 0 saturated heterocycles. The minimum absolute atomic E-state index is 0.0777. The summed E-state index contributed by atoms with van der Waals surface area (Å²) in [5.74, 6) is 3.65. The van der Waals surface area contributed by atoms with Crippen molar-refractivity contribution in [3.8, 4) is 0 Å². The number of nitrogens with one attached hydrogen (secondary N) is 2. The number of hydrogen-bond acceptors (Lipinski definition) is 9. The van der Waals surface area contributed by atoms with Gasteiger partial charge in [0.05, 0.1) is 26.4 Å². The number of amides is 3. The second-order valence-corrected chi connectivity index (χ2v) is 19.4. The third-order valence-corrected chi connectivity index (χ3v) is 14.4. The van der Waals surface area contributed by atoms with Crippen LogP contribution in [-0.2, 0) is 38.1 Å². The molecule has 2 N–H and O–H groups in total. The Bertz CT molecular complexity index is 1270. The summed E-state index contributed by atoms with van der Waals surface area (Å²) in [5, 5.41) is 6.13. The first kappa shape index (κ1) is 50.8. The summed E-state index contributed by atoms with van der Waals surface area (Å²) in [7, 11) is 1.63. The van der Waals surface area contributed by atoms with Gasteiger partial charge >= 0.3 is 18.0 Å². The minimum Gasteiger partial charge on any atom is -0.466 e. The third kappa shape index (κ3) is 21.4. The number of carbonyl (C=O) groups is 5. The fourth-order valence-electron chi connectivity index (χ4n) is 10.7. The van der Waals surface area contributed by atoms with Crippen molar-refractivity contribution in [1.82, 2.24) is 15.5 Å². The first-order valence-corrected chi connectivity index (χ1v) is 24.9. The molecule has 0 unspecified atom stereocenters. The number of alkyl carbamates (subject to hydrolysis) is 1. The van der Waals surface area contributed by atoms with Crippen LogP contribution in [0.4, 0.5) is 4.79 Å². The van der Waals surface area contributed by atoms with Gasteiger partial charge in [0.2, 0.25) is 11.8 Å². The molecular weight excluding hydrogens is 775 g/mol. The lowest BCUT2D eigenvalue weighted by Crippen LogP contribution is -2.39. The molecule has 4 aliphatic rings. The first-order valence-electron chi connectivity index (χ1n) is 24.9. The Labute approximate surface area is 368 Å². The Kier molecular flexibility index (Phi) is 24.5. The molecule has 4 aliphatic carbocycles. The highest BCUT2D eigenvalue weighted by atomic mass is 16.6. The largest absolute Gasteiger partial charge is 0.466 e. The molecule has 12 nitrogen and oxygen atoms in total. The molecule has 0 aromatic carbocycles. The summed E-state index contributed by atoms with van der Waals surface area (Å²) >= 11 is 0. The van der Waals surface area contributed by atoms with Crippen LogP contribution in [0.3, 0.4) is 0 Å². The average molecular weight is 860 g/mol. The molecular formula is C49H85N3O9. The van der Waals surface area contributed by atoms with Crippen molar-refractivity contribution in [3.63, 3.8) is 0 Å². The summed E-state index contributed by atoms with van der Waals surface area (Å²) in [6.07, 6.45) is 27.2. The Morgan fingerprint density at radius 3 is 1.44 bits per heavy atom. The molecule has 4 saturated carbocycles. The predicted octanol–water partition coefficient (Wildman–Crippen LogP) is 9.45. The van der Waals surface area contributed by atoms with E-state index in [-0.39, 0.29) is 42.5 Å². The van der Waals surface area contributed by atoms with Gasteiger partial charge < -0.3 is 34.5 Å². The van der Waals surface area contributed by atoms with Gasteiger partial charge in [0.1, 0.15) is 6.61 Å². The molecule has 4 fully saturated rings. The summed E-state index contributed by atoms with van der Waals surface area (Å²) in [4.78, 5) is 63.5. The van der Waals surface area contributed by atoms with E-state index < -0.39 is 0 Å². The molecule has 350 valence electrons. The number of carbonyl (C=O) groups excluding carboxylic acids is 5. The number of esters is 2. The molecule has 3 amide bonds. The van der Waals surface area contributed by atoms with Gasteiger partial charge in [-0.05, 0) is 145 Å². The highest BCUT2D eigenvalue weighted by molar-refractivity contribution is 5.76. The van der Waals surface area contributed by atoms with Crippen LogP contribution in [0.1, 0.15) is 187 Å². The Balaban J connectivity index is 0.946. The zero-order chi connectivity index (χ0) is 43.7. The van der Waals surface area contributed by atoms with Gasteiger partial charge in [0.25, 0.3) is 0 Å². The quantitative estimate of drug-likeness (QED) is 0.0493. The zero-order valence-corrected chi connectivity index (χ0v) is 38.6. The van der Waals surface area contributed by atoms with Crippen LogP contribution < -0.4 is 10.6 Å². The zero-order valence-electron chi connectivity index (χ0n) is 38.6. The maximum absolute atomic E-state index is 12.7. The van der Waals surface area contributed by atoms with Gasteiger partial charge in [-0.2, -0.15) is 0 Å². The maximum atomic E-state index is 12.7. The van der Waals surface area contributed by atoms with Crippen molar-refractivity contribution in [1.29, 1.82) is 0 Å². The van der Waals surface area contributed by atoms with E-state index in [4.69, 9.17) is 18.9 Å².